The molecule has 0 fully saturated rings. The fourth-order valence-electron chi connectivity index (χ4n) is 4.38. The van der Waals surface area contributed by atoms with E-state index in [0.717, 1.165) is 46.7 Å². The number of alkyl halides is 6. The molecule has 0 saturated heterocycles. The van der Waals surface area contributed by atoms with Crippen LogP contribution in [-0.4, -0.2) is 5.54 Å². The molecule has 0 amide bonds. The van der Waals surface area contributed by atoms with Crippen molar-refractivity contribution in [1.29, 1.82) is 0 Å². The van der Waals surface area contributed by atoms with Crippen LogP contribution in [0.2, 0.25) is 0 Å². The minimum atomic E-state index is -4.39. The molecule has 0 unspecified atom stereocenters. The molecule has 4 rings (SSSR count). The van der Waals surface area contributed by atoms with Crippen molar-refractivity contribution in [1.82, 2.24) is 0 Å². The molecule has 1 aliphatic heterocycles. The van der Waals surface area contributed by atoms with Crippen molar-refractivity contribution in [3.05, 3.63) is 101 Å². The predicted octanol–water partition coefficient (Wildman–Crippen LogP) is 8.51. The summed E-state index contributed by atoms with van der Waals surface area (Å²) in [6.07, 6.45) is -6.67. The molecular formula is C28H25F6NO. The summed E-state index contributed by atoms with van der Waals surface area (Å²) in [5, 5.41) is 0. The molecule has 3 aromatic rings. The second-order valence-electron chi connectivity index (χ2n) is 9.42. The Morgan fingerprint density at radius 2 is 1.28 bits per heavy atom. The molecule has 0 radical (unpaired) electrons. The smallest absolute Gasteiger partial charge is 0.416 e. The quantitative estimate of drug-likeness (QED) is 0.322. The second kappa shape index (κ2) is 9.22. The highest BCUT2D eigenvalue weighted by Crippen LogP contribution is 2.41. The Bertz CT molecular complexity index is 1260. The minimum absolute atomic E-state index is 0.112. The predicted molar refractivity (Wildman–Crippen MR) is 128 cm³/mol. The molecular weight excluding hydrogens is 480 g/mol. The number of hydrogen-bond donors (Lipinski definition) is 0. The van der Waals surface area contributed by atoms with Gasteiger partial charge < -0.3 is 9.64 Å². The van der Waals surface area contributed by atoms with Gasteiger partial charge in [0.15, 0.2) is 0 Å². The van der Waals surface area contributed by atoms with Crippen molar-refractivity contribution in [3.8, 4) is 5.75 Å². The zero-order valence-electron chi connectivity index (χ0n) is 20.0. The maximum Gasteiger partial charge on any atom is 0.416 e. The van der Waals surface area contributed by atoms with Gasteiger partial charge in [0.2, 0.25) is 0 Å². The molecule has 0 spiro atoms. The summed E-state index contributed by atoms with van der Waals surface area (Å²) in [6, 6.07) is 15.6. The summed E-state index contributed by atoms with van der Waals surface area (Å²) in [5.74, 6) is 0.565. The van der Waals surface area contributed by atoms with Crippen LogP contribution in [0, 0.1) is 0 Å². The van der Waals surface area contributed by atoms with Crippen LogP contribution in [0.5, 0.6) is 5.75 Å². The summed E-state index contributed by atoms with van der Waals surface area (Å²) >= 11 is 0. The first-order valence-corrected chi connectivity index (χ1v) is 11.3. The van der Waals surface area contributed by atoms with E-state index in [0.29, 0.717) is 17.9 Å². The number of fused-ring (bicyclic) bond motifs is 1. The van der Waals surface area contributed by atoms with Crippen molar-refractivity contribution in [2.24, 2.45) is 0 Å². The lowest BCUT2D eigenvalue weighted by molar-refractivity contribution is -0.138. The average molecular weight is 506 g/mol. The van der Waals surface area contributed by atoms with E-state index >= 15 is 0 Å². The van der Waals surface area contributed by atoms with Gasteiger partial charge >= 0.3 is 12.4 Å². The van der Waals surface area contributed by atoms with Gasteiger partial charge in [0, 0.05) is 17.8 Å². The van der Waals surface area contributed by atoms with E-state index in [-0.39, 0.29) is 12.1 Å². The van der Waals surface area contributed by atoms with Gasteiger partial charge in [0.25, 0.3) is 0 Å². The summed E-state index contributed by atoms with van der Waals surface area (Å²) < 4.78 is 83.0. The maximum absolute atomic E-state index is 12.9. The van der Waals surface area contributed by atoms with Crippen LogP contribution in [0.15, 0.2) is 72.8 Å². The lowest BCUT2D eigenvalue weighted by Gasteiger charge is -2.43. The average Bonchev–Trinajstić information content (AvgIpc) is 2.79. The van der Waals surface area contributed by atoms with E-state index in [2.05, 4.69) is 11.0 Å². The lowest BCUT2D eigenvalue weighted by atomic mass is 9.88. The van der Waals surface area contributed by atoms with Crippen LogP contribution in [0.4, 0.5) is 32.0 Å². The molecule has 190 valence electrons. The van der Waals surface area contributed by atoms with Crippen LogP contribution in [0.1, 0.15) is 48.6 Å². The number of ether oxygens (including phenoxy) is 1. The molecule has 36 heavy (non-hydrogen) atoms. The molecule has 8 heteroatoms. The Hall–Kier alpha value is -3.42. The molecule has 3 aromatic carbocycles. The largest absolute Gasteiger partial charge is 0.489 e. The van der Waals surface area contributed by atoms with E-state index in [1.54, 1.807) is 6.07 Å². The first-order chi connectivity index (χ1) is 16.7. The van der Waals surface area contributed by atoms with Gasteiger partial charge in [-0.2, -0.15) is 26.3 Å². The summed E-state index contributed by atoms with van der Waals surface area (Å²) in [4.78, 5) is 2.12. The monoisotopic (exact) mass is 505 g/mol. The van der Waals surface area contributed by atoms with Gasteiger partial charge in [-0.05, 0) is 79.9 Å². The highest BCUT2D eigenvalue weighted by atomic mass is 19.4. The first kappa shape index (κ1) is 25.7. The van der Waals surface area contributed by atoms with Crippen molar-refractivity contribution in [2.45, 2.75) is 51.8 Å². The standard InChI is InChI=1S/C28H25F6NO/c1-18-15-26(2,3)35(16-19-4-8-21(9-5-19)27(29,30)31)25-13-12-23(14-24(18)25)36-17-20-6-10-22(11-7-20)28(32,33)34/h4-15H,16-17H2,1-3H3. The van der Waals surface area contributed by atoms with Crippen molar-refractivity contribution in [2.75, 3.05) is 4.90 Å². The molecule has 0 aliphatic carbocycles. The van der Waals surface area contributed by atoms with E-state index < -0.39 is 23.5 Å². The summed E-state index contributed by atoms with van der Waals surface area (Å²) in [7, 11) is 0. The zero-order chi connectivity index (χ0) is 26.3. The van der Waals surface area contributed by atoms with Crippen molar-refractivity contribution >= 4 is 11.3 Å². The van der Waals surface area contributed by atoms with Crippen molar-refractivity contribution in [3.63, 3.8) is 0 Å². The highest BCUT2D eigenvalue weighted by Gasteiger charge is 2.33. The number of benzene rings is 3. The Balaban J connectivity index is 1.54. The van der Waals surface area contributed by atoms with Crippen molar-refractivity contribution < 1.29 is 31.1 Å². The Kier molecular flexibility index (Phi) is 6.58. The molecule has 1 aliphatic rings. The molecule has 1 heterocycles. The minimum Gasteiger partial charge on any atom is -0.489 e. The SMILES string of the molecule is CC1=CC(C)(C)N(Cc2ccc(C(F)(F)F)cc2)c2ccc(OCc3ccc(C(F)(F)F)cc3)cc21. The van der Waals surface area contributed by atoms with Gasteiger partial charge in [-0.15, -0.1) is 0 Å². The number of hydrogen-bond acceptors (Lipinski definition) is 2. The third kappa shape index (κ3) is 5.53. The number of rotatable bonds is 5. The molecule has 0 aromatic heterocycles. The van der Waals surface area contributed by atoms with Gasteiger partial charge in [0.1, 0.15) is 12.4 Å². The van der Waals surface area contributed by atoms with E-state index in [9.17, 15) is 26.3 Å². The topological polar surface area (TPSA) is 12.5 Å². The fourth-order valence-corrected chi connectivity index (χ4v) is 4.38. The molecule has 0 N–H and O–H groups in total. The third-order valence-corrected chi connectivity index (χ3v) is 6.26. The van der Waals surface area contributed by atoms with E-state index in [4.69, 9.17) is 4.74 Å². The zero-order valence-corrected chi connectivity index (χ0v) is 20.0. The van der Waals surface area contributed by atoms with E-state index in [1.807, 2.05) is 32.9 Å². The van der Waals surface area contributed by atoms with Gasteiger partial charge in [-0.3, -0.25) is 0 Å². The Morgan fingerprint density at radius 3 is 1.81 bits per heavy atom. The Morgan fingerprint density at radius 1 is 0.750 bits per heavy atom. The fraction of sp³-hybridized carbons (Fsp3) is 0.286. The van der Waals surface area contributed by atoms with Crippen LogP contribution >= 0.6 is 0 Å². The summed E-state index contributed by atoms with van der Waals surface area (Å²) in [5.41, 5.74) is 2.44. The summed E-state index contributed by atoms with van der Waals surface area (Å²) in [6.45, 7) is 6.58. The molecule has 0 saturated carbocycles. The molecule has 0 bridgehead atoms. The van der Waals surface area contributed by atoms with Crippen LogP contribution in [0.3, 0.4) is 0 Å². The first-order valence-electron chi connectivity index (χ1n) is 11.3. The molecule has 2 nitrogen and oxygen atoms in total. The third-order valence-electron chi connectivity index (χ3n) is 6.26. The molecule has 0 atom stereocenters. The van der Waals surface area contributed by atoms with E-state index in [1.165, 1.54) is 24.3 Å². The normalized spacial score (nSPS) is 15.4. The second-order valence-corrected chi connectivity index (χ2v) is 9.42. The van der Waals surface area contributed by atoms with Crippen LogP contribution in [-0.2, 0) is 25.5 Å². The van der Waals surface area contributed by atoms with Crippen LogP contribution < -0.4 is 9.64 Å². The maximum atomic E-state index is 12.9. The number of anilines is 1. The van der Waals surface area contributed by atoms with Gasteiger partial charge in [-0.25, -0.2) is 0 Å². The number of nitrogens with zero attached hydrogens (tertiary/aromatic N) is 1. The van der Waals surface area contributed by atoms with Gasteiger partial charge in [0.05, 0.1) is 16.7 Å². The number of allylic oxidation sites excluding steroid dienone is 1. The highest BCUT2D eigenvalue weighted by molar-refractivity contribution is 5.82. The van der Waals surface area contributed by atoms with Gasteiger partial charge in [-0.1, -0.05) is 30.3 Å². The Labute approximate surface area is 205 Å². The number of halogens is 6. The lowest BCUT2D eigenvalue weighted by Crippen LogP contribution is -2.44. The van der Waals surface area contributed by atoms with Crippen LogP contribution in [0.25, 0.3) is 5.57 Å².